The van der Waals surface area contributed by atoms with Gasteiger partial charge >= 0.3 is 6.03 Å². The Morgan fingerprint density at radius 2 is 1.72 bits per heavy atom. The third-order valence-corrected chi connectivity index (χ3v) is 5.53. The number of nitrogens with two attached hydrogens (primary N) is 1. The van der Waals surface area contributed by atoms with Gasteiger partial charge in [-0.05, 0) is 57.5 Å². The molecule has 1 aliphatic rings. The number of sulfonamides is 1. The summed E-state index contributed by atoms with van der Waals surface area (Å²) in [5, 5.41) is 10.8. The Kier molecular flexibility index (Phi) is 6.42. The summed E-state index contributed by atoms with van der Waals surface area (Å²) in [7, 11) is -3.69. The summed E-state index contributed by atoms with van der Waals surface area (Å²) in [6.45, 7) is 7.33. The van der Waals surface area contributed by atoms with E-state index in [0.717, 1.165) is 18.7 Å². The summed E-state index contributed by atoms with van der Waals surface area (Å²) in [5.74, 6) is 0. The van der Waals surface area contributed by atoms with Crippen molar-refractivity contribution in [3.8, 4) is 0 Å². The first-order valence-electron chi connectivity index (χ1n) is 8.57. The first kappa shape index (κ1) is 19.7. The Morgan fingerprint density at radius 3 is 2.28 bits per heavy atom. The highest BCUT2D eigenvalue weighted by Crippen LogP contribution is 2.19. The maximum absolute atomic E-state index is 12.0. The summed E-state index contributed by atoms with van der Waals surface area (Å²) in [4.78, 5) is 14.5. The molecule has 4 N–H and O–H groups in total. The van der Waals surface area contributed by atoms with Crippen LogP contribution >= 0.6 is 0 Å². The molecule has 1 saturated heterocycles. The minimum atomic E-state index is -3.69. The van der Waals surface area contributed by atoms with Crippen molar-refractivity contribution < 1.29 is 13.2 Å². The predicted octanol–water partition coefficient (Wildman–Crippen LogP) is 1.40. The molecule has 1 aromatic rings. The van der Waals surface area contributed by atoms with E-state index in [1.165, 1.54) is 31.4 Å². The summed E-state index contributed by atoms with van der Waals surface area (Å²) in [5.41, 5.74) is 0.729. The van der Waals surface area contributed by atoms with E-state index >= 15 is 0 Å². The number of nitrogens with one attached hydrogen (secondary N) is 2. The minimum Gasteiger partial charge on any atom is -0.336 e. The number of urea groups is 1. The molecular weight excluding hydrogens is 340 g/mol. The van der Waals surface area contributed by atoms with Crippen LogP contribution in [0.2, 0.25) is 0 Å². The first-order valence-corrected chi connectivity index (χ1v) is 10.1. The number of likely N-dealkylation sites (tertiary alicyclic amines) is 1. The average molecular weight is 369 g/mol. The highest BCUT2D eigenvalue weighted by molar-refractivity contribution is 7.89. The van der Waals surface area contributed by atoms with E-state index < -0.39 is 10.0 Å². The number of amides is 2. The quantitative estimate of drug-likeness (QED) is 0.706. The summed E-state index contributed by atoms with van der Waals surface area (Å²) in [6, 6.07) is 5.91. The second kappa shape index (κ2) is 8.16. The molecule has 0 radical (unpaired) electrons. The molecule has 25 heavy (non-hydrogen) atoms. The summed E-state index contributed by atoms with van der Waals surface area (Å²) in [6.07, 6.45) is 3.71. The smallest absolute Gasteiger partial charge is 0.315 e. The van der Waals surface area contributed by atoms with E-state index in [-0.39, 0.29) is 16.5 Å². The molecule has 7 nitrogen and oxygen atoms in total. The van der Waals surface area contributed by atoms with Crippen molar-refractivity contribution in [2.24, 2.45) is 5.14 Å². The standard InChI is InChI=1S/C17H28N4O3S/c1-17(2,21-10-4-3-5-11-21)13-20-16(22)19-12-14-6-8-15(9-7-14)25(18,23)24/h6-9H,3-5,10-13H2,1-2H3,(H2,18,23,24)(H2,19,20,22). The maximum atomic E-state index is 12.0. The highest BCUT2D eigenvalue weighted by Gasteiger charge is 2.28. The van der Waals surface area contributed by atoms with Crippen LogP contribution in [0.1, 0.15) is 38.7 Å². The lowest BCUT2D eigenvalue weighted by molar-refractivity contribution is 0.0960. The van der Waals surface area contributed by atoms with Gasteiger partial charge in [0.1, 0.15) is 0 Å². The van der Waals surface area contributed by atoms with Crippen molar-refractivity contribution >= 4 is 16.1 Å². The van der Waals surface area contributed by atoms with Crippen molar-refractivity contribution in [2.45, 2.75) is 50.1 Å². The van der Waals surface area contributed by atoms with Crippen molar-refractivity contribution in [1.29, 1.82) is 0 Å². The maximum Gasteiger partial charge on any atom is 0.315 e. The number of primary sulfonamides is 1. The van der Waals surface area contributed by atoms with Gasteiger partial charge in [0.15, 0.2) is 0 Å². The Balaban J connectivity index is 1.78. The predicted molar refractivity (Wildman–Crippen MR) is 97.6 cm³/mol. The Morgan fingerprint density at radius 1 is 1.12 bits per heavy atom. The van der Waals surface area contributed by atoms with E-state index in [2.05, 4.69) is 29.4 Å². The van der Waals surface area contributed by atoms with E-state index in [1.807, 2.05) is 0 Å². The molecule has 0 atom stereocenters. The largest absolute Gasteiger partial charge is 0.336 e. The van der Waals surface area contributed by atoms with Crippen LogP contribution in [0.5, 0.6) is 0 Å². The Labute approximate surface area is 150 Å². The van der Waals surface area contributed by atoms with E-state index in [1.54, 1.807) is 12.1 Å². The van der Waals surface area contributed by atoms with E-state index in [0.29, 0.717) is 13.1 Å². The van der Waals surface area contributed by atoms with Gasteiger partial charge in [-0.15, -0.1) is 0 Å². The molecule has 1 aromatic carbocycles. The molecule has 8 heteroatoms. The zero-order valence-electron chi connectivity index (χ0n) is 14.9. The van der Waals surface area contributed by atoms with Gasteiger partial charge < -0.3 is 10.6 Å². The van der Waals surface area contributed by atoms with E-state index in [4.69, 9.17) is 5.14 Å². The summed E-state index contributed by atoms with van der Waals surface area (Å²) >= 11 is 0. The first-order chi connectivity index (χ1) is 11.7. The number of hydrogen-bond donors (Lipinski definition) is 3. The number of carbonyl (C=O) groups is 1. The number of carbonyl (C=O) groups excluding carboxylic acids is 1. The second-order valence-corrected chi connectivity index (χ2v) is 8.65. The molecule has 0 spiro atoms. The van der Waals surface area contributed by atoms with Gasteiger partial charge in [-0.2, -0.15) is 0 Å². The van der Waals surface area contributed by atoms with Crippen LogP contribution in [0, 0.1) is 0 Å². The summed E-state index contributed by atoms with van der Waals surface area (Å²) < 4.78 is 22.4. The van der Waals surface area contributed by atoms with Crippen molar-refractivity contribution in [2.75, 3.05) is 19.6 Å². The third kappa shape index (κ3) is 5.98. The molecule has 140 valence electrons. The molecule has 0 aliphatic carbocycles. The lowest BCUT2D eigenvalue weighted by Gasteiger charge is -2.41. The van der Waals surface area contributed by atoms with Crippen LogP contribution in [0.15, 0.2) is 29.2 Å². The fourth-order valence-electron chi connectivity index (χ4n) is 2.95. The van der Waals surface area contributed by atoms with Gasteiger partial charge in [0, 0.05) is 18.6 Å². The monoisotopic (exact) mass is 368 g/mol. The van der Waals surface area contributed by atoms with Gasteiger partial charge in [-0.25, -0.2) is 18.4 Å². The number of nitrogens with zero attached hydrogens (tertiary/aromatic N) is 1. The van der Waals surface area contributed by atoms with Gasteiger partial charge in [-0.3, -0.25) is 4.90 Å². The number of benzene rings is 1. The van der Waals surface area contributed by atoms with E-state index in [9.17, 15) is 13.2 Å². The molecule has 1 aliphatic heterocycles. The molecule has 0 bridgehead atoms. The van der Waals surface area contributed by atoms with Crippen molar-refractivity contribution in [1.82, 2.24) is 15.5 Å². The fourth-order valence-corrected chi connectivity index (χ4v) is 3.46. The molecule has 0 unspecified atom stereocenters. The zero-order chi connectivity index (χ0) is 18.5. The van der Waals surface area contributed by atoms with Crippen LogP contribution in [0.3, 0.4) is 0 Å². The van der Waals surface area contributed by atoms with Gasteiger partial charge in [0.2, 0.25) is 10.0 Å². The normalized spacial score (nSPS) is 16.4. The lowest BCUT2D eigenvalue weighted by Crippen LogP contribution is -2.54. The molecule has 0 aromatic heterocycles. The van der Waals surface area contributed by atoms with Crippen molar-refractivity contribution in [3.05, 3.63) is 29.8 Å². The highest BCUT2D eigenvalue weighted by atomic mass is 32.2. The number of piperidine rings is 1. The zero-order valence-corrected chi connectivity index (χ0v) is 15.7. The van der Waals surface area contributed by atoms with Gasteiger partial charge in [0.05, 0.1) is 4.90 Å². The number of hydrogen-bond acceptors (Lipinski definition) is 4. The van der Waals surface area contributed by atoms with Gasteiger partial charge in [0.25, 0.3) is 0 Å². The Bertz CT molecular complexity index is 680. The van der Waals surface area contributed by atoms with Crippen LogP contribution in [-0.2, 0) is 16.6 Å². The fraction of sp³-hybridized carbons (Fsp3) is 0.588. The number of rotatable bonds is 6. The lowest BCUT2D eigenvalue weighted by atomic mass is 9.98. The van der Waals surface area contributed by atoms with Crippen LogP contribution < -0.4 is 15.8 Å². The molecule has 1 fully saturated rings. The third-order valence-electron chi connectivity index (χ3n) is 4.60. The average Bonchev–Trinajstić information content (AvgIpc) is 2.58. The Hall–Kier alpha value is -1.64. The molecule has 2 amide bonds. The van der Waals surface area contributed by atoms with Crippen LogP contribution in [0.4, 0.5) is 4.79 Å². The molecule has 2 rings (SSSR count). The topological polar surface area (TPSA) is 105 Å². The van der Waals surface area contributed by atoms with Gasteiger partial charge in [-0.1, -0.05) is 18.6 Å². The molecule has 1 heterocycles. The molecule has 0 saturated carbocycles. The minimum absolute atomic E-state index is 0.0592. The SMILES string of the molecule is CC(C)(CNC(=O)NCc1ccc(S(N)(=O)=O)cc1)N1CCCCC1. The van der Waals surface area contributed by atoms with Crippen molar-refractivity contribution in [3.63, 3.8) is 0 Å². The van der Waals surface area contributed by atoms with Crippen LogP contribution in [0.25, 0.3) is 0 Å². The second-order valence-electron chi connectivity index (χ2n) is 7.09. The van der Waals surface area contributed by atoms with Crippen LogP contribution in [-0.4, -0.2) is 44.5 Å². The molecular formula is C17H28N4O3S.